The van der Waals surface area contributed by atoms with Gasteiger partial charge >= 0.3 is 6.09 Å². The fraction of sp³-hybridized carbons (Fsp3) is 0.632. The molecule has 2 N–H and O–H groups in total. The average molecular weight is 351 g/mol. The maximum atomic E-state index is 12.6. The first-order chi connectivity index (χ1) is 11.8. The zero-order chi connectivity index (χ0) is 18.4. The van der Waals surface area contributed by atoms with Crippen molar-refractivity contribution in [3.8, 4) is 0 Å². The highest BCUT2D eigenvalue weighted by Crippen LogP contribution is 2.26. The zero-order valence-electron chi connectivity index (χ0n) is 15.2. The minimum atomic E-state index is -0.761. The van der Waals surface area contributed by atoms with E-state index in [1.165, 1.54) is 4.90 Å². The zero-order valence-corrected chi connectivity index (χ0v) is 15.2. The van der Waals surface area contributed by atoms with Gasteiger partial charge < -0.3 is 19.7 Å². The van der Waals surface area contributed by atoms with E-state index in [2.05, 4.69) is 0 Å². The van der Waals surface area contributed by atoms with Crippen LogP contribution in [0.4, 0.5) is 4.79 Å². The average Bonchev–Trinajstić information content (AvgIpc) is 2.55. The summed E-state index contributed by atoms with van der Waals surface area (Å²) >= 11 is 0. The summed E-state index contributed by atoms with van der Waals surface area (Å²) in [4.78, 5) is 14.0. The number of hydrogen-bond acceptors (Lipinski definition) is 5. The Kier molecular flexibility index (Phi) is 6.81. The van der Waals surface area contributed by atoms with Crippen molar-refractivity contribution in [2.45, 2.75) is 64.0 Å². The van der Waals surface area contributed by atoms with E-state index in [4.69, 9.17) is 9.47 Å². The van der Waals surface area contributed by atoms with E-state index < -0.39 is 23.8 Å². The van der Waals surface area contributed by atoms with Crippen LogP contribution >= 0.6 is 0 Å². The number of likely N-dealkylation sites (tertiary alicyclic amines) is 1. The molecule has 0 aromatic heterocycles. The van der Waals surface area contributed by atoms with Crippen molar-refractivity contribution in [2.75, 3.05) is 13.2 Å². The first-order valence-corrected chi connectivity index (χ1v) is 8.73. The topological polar surface area (TPSA) is 79.2 Å². The Morgan fingerprint density at radius 2 is 1.92 bits per heavy atom. The minimum Gasteiger partial charge on any atom is -0.444 e. The Balaban J connectivity index is 2.03. The summed E-state index contributed by atoms with van der Waals surface area (Å²) in [6, 6.07) is 8.89. The molecule has 3 atom stereocenters. The molecule has 1 aliphatic rings. The molecule has 2 rings (SSSR count). The van der Waals surface area contributed by atoms with Crippen molar-refractivity contribution in [2.24, 2.45) is 0 Å². The van der Waals surface area contributed by atoms with E-state index in [-0.39, 0.29) is 12.6 Å². The van der Waals surface area contributed by atoms with Crippen LogP contribution in [0.5, 0.6) is 0 Å². The molecular formula is C19H29NO5. The van der Waals surface area contributed by atoms with Crippen LogP contribution in [0.3, 0.4) is 0 Å². The molecule has 1 heterocycles. The molecule has 0 saturated carbocycles. The van der Waals surface area contributed by atoms with Crippen LogP contribution in [-0.4, -0.2) is 58.2 Å². The third-order valence-electron chi connectivity index (χ3n) is 4.20. The van der Waals surface area contributed by atoms with Gasteiger partial charge in [-0.2, -0.15) is 0 Å². The second-order valence-electron chi connectivity index (χ2n) is 7.44. The van der Waals surface area contributed by atoms with Gasteiger partial charge in [0.05, 0.1) is 38.0 Å². The maximum absolute atomic E-state index is 12.6. The summed E-state index contributed by atoms with van der Waals surface area (Å²) in [6.45, 7) is 5.85. The van der Waals surface area contributed by atoms with E-state index in [1.807, 2.05) is 30.3 Å². The lowest BCUT2D eigenvalue weighted by molar-refractivity contribution is -0.0743. The molecule has 1 aromatic carbocycles. The number of benzene rings is 1. The van der Waals surface area contributed by atoms with Crippen molar-refractivity contribution in [1.82, 2.24) is 4.90 Å². The molecule has 0 spiro atoms. The number of carbonyl (C=O) groups excluding carboxylic acids is 1. The Morgan fingerprint density at radius 3 is 2.52 bits per heavy atom. The van der Waals surface area contributed by atoms with Crippen molar-refractivity contribution < 1.29 is 24.5 Å². The van der Waals surface area contributed by atoms with Crippen LogP contribution in [0.25, 0.3) is 0 Å². The molecule has 25 heavy (non-hydrogen) atoms. The predicted molar refractivity (Wildman–Crippen MR) is 94.1 cm³/mol. The monoisotopic (exact) mass is 351 g/mol. The predicted octanol–water partition coefficient (Wildman–Crippen LogP) is 2.32. The van der Waals surface area contributed by atoms with Crippen LogP contribution in [-0.2, 0) is 16.1 Å². The number of rotatable bonds is 5. The summed E-state index contributed by atoms with van der Waals surface area (Å²) in [5.74, 6) is 0. The third kappa shape index (κ3) is 5.70. The fourth-order valence-electron chi connectivity index (χ4n) is 3.01. The molecule has 6 heteroatoms. The second kappa shape index (κ2) is 8.65. The summed E-state index contributed by atoms with van der Waals surface area (Å²) in [5, 5.41) is 19.8. The van der Waals surface area contributed by atoms with Gasteiger partial charge in [-0.1, -0.05) is 30.3 Å². The van der Waals surface area contributed by atoms with Crippen LogP contribution in [0.2, 0.25) is 0 Å². The summed E-state index contributed by atoms with van der Waals surface area (Å²) in [6.07, 6.45) is -0.170. The number of amides is 1. The molecule has 1 amide bonds. The van der Waals surface area contributed by atoms with Gasteiger partial charge in [0.15, 0.2) is 0 Å². The largest absolute Gasteiger partial charge is 0.444 e. The number of ether oxygens (including phenoxy) is 2. The number of aliphatic hydroxyl groups is 2. The molecule has 140 valence electrons. The molecule has 0 unspecified atom stereocenters. The maximum Gasteiger partial charge on any atom is 0.411 e. The first-order valence-electron chi connectivity index (χ1n) is 8.73. The smallest absolute Gasteiger partial charge is 0.411 e. The van der Waals surface area contributed by atoms with E-state index in [0.717, 1.165) is 5.56 Å². The van der Waals surface area contributed by atoms with Gasteiger partial charge in [-0.25, -0.2) is 4.79 Å². The molecule has 1 aromatic rings. The second-order valence-corrected chi connectivity index (χ2v) is 7.44. The number of hydrogen-bond donors (Lipinski definition) is 2. The van der Waals surface area contributed by atoms with Gasteiger partial charge in [0.2, 0.25) is 0 Å². The van der Waals surface area contributed by atoms with Gasteiger partial charge in [0.25, 0.3) is 0 Å². The molecular weight excluding hydrogens is 322 g/mol. The highest BCUT2D eigenvalue weighted by Gasteiger charge is 2.41. The Bertz CT molecular complexity index is 542. The molecule has 1 saturated heterocycles. The van der Waals surface area contributed by atoms with E-state index in [0.29, 0.717) is 26.1 Å². The van der Waals surface area contributed by atoms with Crippen LogP contribution in [0.15, 0.2) is 30.3 Å². The third-order valence-corrected chi connectivity index (χ3v) is 4.20. The highest BCUT2D eigenvalue weighted by molar-refractivity contribution is 5.69. The molecule has 0 aliphatic carbocycles. The SMILES string of the molecule is CC(C)(C)OC(=O)N1[C@H](COCc2ccccc2)CC[C@H](O)[C@H]1CO. The van der Waals surface area contributed by atoms with Gasteiger partial charge in [-0.15, -0.1) is 0 Å². The standard InChI is InChI=1S/C19H29NO5/c1-19(2,3)25-18(23)20-15(9-10-17(22)16(20)11-21)13-24-12-14-7-5-4-6-8-14/h4-8,15-17,21-22H,9-13H2,1-3H3/t15-,16+,17-/m0/s1. The number of carbonyl (C=O) groups is 1. The van der Waals surface area contributed by atoms with E-state index in [9.17, 15) is 15.0 Å². The van der Waals surface area contributed by atoms with Crippen LogP contribution in [0, 0.1) is 0 Å². The van der Waals surface area contributed by atoms with Crippen LogP contribution in [0.1, 0.15) is 39.2 Å². The Morgan fingerprint density at radius 1 is 1.24 bits per heavy atom. The molecule has 1 aliphatic heterocycles. The lowest BCUT2D eigenvalue weighted by Crippen LogP contribution is -2.59. The highest BCUT2D eigenvalue weighted by atomic mass is 16.6. The van der Waals surface area contributed by atoms with Gasteiger partial charge in [0.1, 0.15) is 5.60 Å². The minimum absolute atomic E-state index is 0.237. The lowest BCUT2D eigenvalue weighted by Gasteiger charge is -2.43. The fourth-order valence-corrected chi connectivity index (χ4v) is 3.01. The normalized spacial score (nSPS) is 24.2. The van der Waals surface area contributed by atoms with Crippen LogP contribution < -0.4 is 0 Å². The number of piperidine rings is 1. The molecule has 0 bridgehead atoms. The lowest BCUT2D eigenvalue weighted by atomic mass is 9.94. The Labute approximate surface area is 149 Å². The van der Waals surface area contributed by atoms with Crippen molar-refractivity contribution >= 4 is 6.09 Å². The van der Waals surface area contributed by atoms with Crippen molar-refractivity contribution in [1.29, 1.82) is 0 Å². The summed E-state index contributed by atoms with van der Waals surface area (Å²) < 4.78 is 11.2. The van der Waals surface area contributed by atoms with E-state index >= 15 is 0 Å². The molecule has 6 nitrogen and oxygen atoms in total. The number of aliphatic hydroxyl groups excluding tert-OH is 2. The summed E-state index contributed by atoms with van der Waals surface area (Å²) in [7, 11) is 0. The van der Waals surface area contributed by atoms with Crippen molar-refractivity contribution in [3.05, 3.63) is 35.9 Å². The quantitative estimate of drug-likeness (QED) is 0.851. The first kappa shape index (κ1) is 19.7. The summed E-state index contributed by atoms with van der Waals surface area (Å²) in [5.41, 5.74) is 0.412. The van der Waals surface area contributed by atoms with Gasteiger partial charge in [-0.05, 0) is 39.2 Å². The van der Waals surface area contributed by atoms with Gasteiger partial charge in [-0.3, -0.25) is 4.90 Å². The van der Waals surface area contributed by atoms with E-state index in [1.54, 1.807) is 20.8 Å². The van der Waals surface area contributed by atoms with Gasteiger partial charge in [0, 0.05) is 0 Å². The molecule has 0 radical (unpaired) electrons. The molecule has 1 fully saturated rings. The Hall–Kier alpha value is -1.63. The van der Waals surface area contributed by atoms with Crippen molar-refractivity contribution in [3.63, 3.8) is 0 Å². The number of nitrogens with zero attached hydrogens (tertiary/aromatic N) is 1.